The fourth-order valence-corrected chi connectivity index (χ4v) is 3.22. The van der Waals surface area contributed by atoms with Gasteiger partial charge in [0.05, 0.1) is 18.3 Å². The lowest BCUT2D eigenvalue weighted by molar-refractivity contribution is -0.136. The lowest BCUT2D eigenvalue weighted by Gasteiger charge is -2.18. The summed E-state index contributed by atoms with van der Waals surface area (Å²) >= 11 is 5.93. The zero-order valence-corrected chi connectivity index (χ0v) is 16.2. The molecule has 0 atom stereocenters. The second-order valence-electron chi connectivity index (χ2n) is 6.22. The number of carbonyl (C=O) groups is 2. The van der Waals surface area contributed by atoms with E-state index in [1.54, 1.807) is 42.2 Å². The Balaban J connectivity index is 2.09. The molecule has 0 radical (unpaired) electrons. The van der Waals surface area contributed by atoms with Crippen LogP contribution in [0.15, 0.2) is 65.4 Å². The standard InChI is InChI=1S/C22H20ClNO3/c1-4-15-7-11-18(12-8-15)24-14(2)20(22(26)27-3)19(21(24)25)13-16-5-9-17(23)10-6-16/h5-13H,4H2,1-3H3/b19-13-. The average Bonchev–Trinajstić information content (AvgIpc) is 2.93. The van der Waals surface area contributed by atoms with Gasteiger partial charge in [0.1, 0.15) is 0 Å². The Kier molecular flexibility index (Phi) is 5.47. The van der Waals surface area contributed by atoms with Crippen LogP contribution in [0.1, 0.15) is 25.0 Å². The van der Waals surface area contributed by atoms with Gasteiger partial charge >= 0.3 is 5.97 Å². The molecule has 1 amide bonds. The lowest BCUT2D eigenvalue weighted by atomic mass is 10.0. The minimum atomic E-state index is -0.534. The second-order valence-corrected chi connectivity index (χ2v) is 6.66. The number of halogens is 1. The van der Waals surface area contributed by atoms with Gasteiger partial charge in [-0.05, 0) is 54.8 Å². The summed E-state index contributed by atoms with van der Waals surface area (Å²) in [5.74, 6) is -0.791. The summed E-state index contributed by atoms with van der Waals surface area (Å²) in [5, 5.41) is 0.604. The quantitative estimate of drug-likeness (QED) is 0.565. The Bertz CT molecular complexity index is 941. The van der Waals surface area contributed by atoms with E-state index in [9.17, 15) is 9.59 Å². The molecule has 5 heteroatoms. The first kappa shape index (κ1) is 18.9. The van der Waals surface area contributed by atoms with Gasteiger partial charge in [0.25, 0.3) is 5.91 Å². The number of hydrogen-bond donors (Lipinski definition) is 0. The van der Waals surface area contributed by atoms with Crippen LogP contribution in [0.4, 0.5) is 5.69 Å². The van der Waals surface area contributed by atoms with Crippen molar-refractivity contribution >= 4 is 35.2 Å². The summed E-state index contributed by atoms with van der Waals surface area (Å²) in [5.41, 5.74) is 3.81. The Labute approximate surface area is 163 Å². The van der Waals surface area contributed by atoms with Gasteiger partial charge in [-0.1, -0.05) is 42.8 Å². The van der Waals surface area contributed by atoms with Gasteiger partial charge in [0, 0.05) is 16.4 Å². The molecule has 0 fully saturated rings. The molecule has 4 nitrogen and oxygen atoms in total. The molecule has 1 aliphatic rings. The van der Waals surface area contributed by atoms with Crippen molar-refractivity contribution in [3.63, 3.8) is 0 Å². The number of esters is 1. The molecule has 1 heterocycles. The fourth-order valence-electron chi connectivity index (χ4n) is 3.10. The topological polar surface area (TPSA) is 46.6 Å². The number of aryl methyl sites for hydroxylation is 1. The molecule has 27 heavy (non-hydrogen) atoms. The molecule has 2 aromatic rings. The maximum absolute atomic E-state index is 13.2. The lowest BCUT2D eigenvalue weighted by Crippen LogP contribution is -2.24. The summed E-state index contributed by atoms with van der Waals surface area (Å²) in [6.45, 7) is 3.82. The highest BCUT2D eigenvalue weighted by Crippen LogP contribution is 2.35. The summed E-state index contributed by atoms with van der Waals surface area (Å²) in [7, 11) is 1.31. The van der Waals surface area contributed by atoms with Gasteiger partial charge in [-0.25, -0.2) is 4.79 Å². The first-order valence-corrected chi connectivity index (χ1v) is 9.04. The van der Waals surface area contributed by atoms with Gasteiger partial charge in [-0.15, -0.1) is 0 Å². The molecule has 2 aromatic carbocycles. The third kappa shape index (κ3) is 3.67. The van der Waals surface area contributed by atoms with Crippen LogP contribution in [-0.2, 0) is 20.7 Å². The minimum absolute atomic E-state index is 0.257. The van der Waals surface area contributed by atoms with Crippen molar-refractivity contribution in [3.05, 3.63) is 81.5 Å². The Morgan fingerprint density at radius 2 is 1.74 bits per heavy atom. The van der Waals surface area contributed by atoms with Gasteiger partial charge in [-0.2, -0.15) is 0 Å². The summed E-state index contributed by atoms with van der Waals surface area (Å²) in [6.07, 6.45) is 2.60. The maximum Gasteiger partial charge on any atom is 0.340 e. The number of benzene rings is 2. The van der Waals surface area contributed by atoms with E-state index in [2.05, 4.69) is 6.92 Å². The third-order valence-electron chi connectivity index (χ3n) is 4.57. The molecule has 0 N–H and O–H groups in total. The highest BCUT2D eigenvalue weighted by molar-refractivity contribution is 6.30. The van der Waals surface area contributed by atoms with Gasteiger partial charge in [-0.3, -0.25) is 9.69 Å². The van der Waals surface area contributed by atoms with Crippen molar-refractivity contribution in [2.45, 2.75) is 20.3 Å². The molecule has 3 rings (SSSR count). The summed E-state index contributed by atoms with van der Waals surface area (Å²) in [4.78, 5) is 27.1. The predicted molar refractivity (Wildman–Crippen MR) is 107 cm³/mol. The second kappa shape index (κ2) is 7.80. The molecule has 1 aliphatic heterocycles. The predicted octanol–water partition coefficient (Wildman–Crippen LogP) is 4.78. The zero-order valence-electron chi connectivity index (χ0n) is 15.5. The molecule has 0 saturated heterocycles. The number of anilines is 1. The van der Waals surface area contributed by atoms with Crippen LogP contribution >= 0.6 is 11.6 Å². The van der Waals surface area contributed by atoms with E-state index < -0.39 is 5.97 Å². The zero-order chi connectivity index (χ0) is 19.6. The monoisotopic (exact) mass is 381 g/mol. The number of rotatable bonds is 4. The van der Waals surface area contributed by atoms with Crippen LogP contribution in [0.3, 0.4) is 0 Å². The molecular weight excluding hydrogens is 362 g/mol. The molecule has 0 saturated carbocycles. The van der Waals surface area contributed by atoms with Crippen LogP contribution in [0.2, 0.25) is 5.02 Å². The molecule has 0 spiro atoms. The Morgan fingerprint density at radius 3 is 2.30 bits per heavy atom. The molecular formula is C22H20ClNO3. The largest absolute Gasteiger partial charge is 0.465 e. The van der Waals surface area contributed by atoms with E-state index in [1.165, 1.54) is 12.7 Å². The Hall–Kier alpha value is -2.85. The van der Waals surface area contributed by atoms with E-state index in [4.69, 9.17) is 16.3 Å². The smallest absolute Gasteiger partial charge is 0.340 e. The number of allylic oxidation sites excluding steroid dienone is 1. The number of nitrogens with zero attached hydrogens (tertiary/aromatic N) is 1. The minimum Gasteiger partial charge on any atom is -0.465 e. The van der Waals surface area contributed by atoms with E-state index in [0.29, 0.717) is 16.3 Å². The highest BCUT2D eigenvalue weighted by Gasteiger charge is 2.37. The van der Waals surface area contributed by atoms with Crippen LogP contribution in [-0.4, -0.2) is 19.0 Å². The number of amides is 1. The molecule has 0 bridgehead atoms. The Morgan fingerprint density at radius 1 is 1.11 bits per heavy atom. The SMILES string of the molecule is CCc1ccc(N2C(=O)/C(=C\c3ccc(Cl)cc3)C(C(=O)OC)=C2C)cc1. The van der Waals surface area contributed by atoms with Crippen molar-refractivity contribution in [3.8, 4) is 0 Å². The van der Waals surface area contributed by atoms with Gasteiger partial charge in [0.2, 0.25) is 0 Å². The molecule has 138 valence electrons. The first-order valence-electron chi connectivity index (χ1n) is 8.66. The number of methoxy groups -OCH3 is 1. The fraction of sp³-hybridized carbons (Fsp3) is 0.182. The number of ether oxygens (including phenoxy) is 1. The molecule has 0 aliphatic carbocycles. The third-order valence-corrected chi connectivity index (χ3v) is 4.83. The first-order chi connectivity index (χ1) is 13.0. The van der Waals surface area contributed by atoms with E-state index in [1.807, 2.05) is 24.3 Å². The van der Waals surface area contributed by atoms with Crippen LogP contribution < -0.4 is 4.90 Å². The number of carbonyl (C=O) groups excluding carboxylic acids is 2. The van der Waals surface area contributed by atoms with Crippen molar-refractivity contribution in [2.24, 2.45) is 0 Å². The molecule has 0 aromatic heterocycles. The maximum atomic E-state index is 13.2. The summed E-state index contributed by atoms with van der Waals surface area (Å²) < 4.78 is 4.92. The number of hydrogen-bond acceptors (Lipinski definition) is 3. The average molecular weight is 382 g/mol. The van der Waals surface area contributed by atoms with Crippen LogP contribution in [0.25, 0.3) is 6.08 Å². The van der Waals surface area contributed by atoms with E-state index >= 15 is 0 Å². The van der Waals surface area contributed by atoms with Crippen molar-refractivity contribution in [1.29, 1.82) is 0 Å². The normalized spacial score (nSPS) is 15.6. The van der Waals surface area contributed by atoms with Crippen molar-refractivity contribution < 1.29 is 14.3 Å². The van der Waals surface area contributed by atoms with Crippen LogP contribution in [0.5, 0.6) is 0 Å². The summed E-state index contributed by atoms with van der Waals surface area (Å²) in [6, 6.07) is 14.8. The van der Waals surface area contributed by atoms with Gasteiger partial charge in [0.15, 0.2) is 0 Å². The molecule has 0 unspecified atom stereocenters. The van der Waals surface area contributed by atoms with E-state index in [0.717, 1.165) is 17.7 Å². The van der Waals surface area contributed by atoms with Crippen molar-refractivity contribution in [1.82, 2.24) is 0 Å². The van der Waals surface area contributed by atoms with E-state index in [-0.39, 0.29) is 11.5 Å². The van der Waals surface area contributed by atoms with Crippen molar-refractivity contribution in [2.75, 3.05) is 12.0 Å². The van der Waals surface area contributed by atoms with Gasteiger partial charge < -0.3 is 4.74 Å². The van der Waals surface area contributed by atoms with Crippen LogP contribution in [0, 0.1) is 0 Å². The highest BCUT2D eigenvalue weighted by atomic mass is 35.5.